The van der Waals surface area contributed by atoms with E-state index in [1.807, 2.05) is 27.7 Å². The van der Waals surface area contributed by atoms with Gasteiger partial charge in [0.2, 0.25) is 0 Å². The molecule has 0 spiro atoms. The van der Waals surface area contributed by atoms with Crippen molar-refractivity contribution in [1.29, 1.82) is 0 Å². The minimum Gasteiger partial charge on any atom is -0.392 e. The van der Waals surface area contributed by atoms with Crippen LogP contribution in [0.5, 0.6) is 0 Å². The van der Waals surface area contributed by atoms with Crippen molar-refractivity contribution >= 4 is 5.78 Å². The van der Waals surface area contributed by atoms with Crippen molar-refractivity contribution < 1.29 is 9.90 Å². The zero-order chi connectivity index (χ0) is 11.4. The first kappa shape index (κ1) is 13.2. The van der Waals surface area contributed by atoms with E-state index >= 15 is 0 Å². The Balaban J connectivity index is 4.17. The molecule has 0 aliphatic heterocycles. The van der Waals surface area contributed by atoms with E-state index in [1.165, 1.54) is 0 Å². The second kappa shape index (κ2) is 5.15. The Bertz CT molecular complexity index is 224. The van der Waals surface area contributed by atoms with Crippen LogP contribution in [0.15, 0.2) is 11.8 Å². The van der Waals surface area contributed by atoms with Gasteiger partial charge in [0.05, 0.1) is 6.10 Å². The first-order chi connectivity index (χ1) is 6.23. The second-order valence-corrected chi connectivity index (χ2v) is 4.67. The van der Waals surface area contributed by atoms with E-state index < -0.39 is 6.10 Å². The van der Waals surface area contributed by atoms with Gasteiger partial charge in [0.1, 0.15) is 0 Å². The van der Waals surface area contributed by atoms with Gasteiger partial charge in [0.15, 0.2) is 5.78 Å². The topological polar surface area (TPSA) is 49.3 Å². The zero-order valence-corrected chi connectivity index (χ0v) is 9.72. The summed E-state index contributed by atoms with van der Waals surface area (Å²) in [6.07, 6.45) is 1.19. The van der Waals surface area contributed by atoms with Crippen LogP contribution in [0.3, 0.4) is 0 Å². The lowest BCUT2D eigenvalue weighted by Gasteiger charge is -2.15. The molecule has 14 heavy (non-hydrogen) atoms. The van der Waals surface area contributed by atoms with E-state index in [-0.39, 0.29) is 11.2 Å². The highest BCUT2D eigenvalue weighted by Crippen LogP contribution is 2.15. The fraction of sp³-hybridized carbons (Fsp3) is 0.727. The molecule has 0 saturated carbocycles. The molecule has 0 aromatic rings. The Morgan fingerprint density at radius 2 is 2.00 bits per heavy atom. The van der Waals surface area contributed by atoms with Gasteiger partial charge in [-0.3, -0.25) is 4.79 Å². The van der Waals surface area contributed by atoms with Crippen LogP contribution in [0.2, 0.25) is 0 Å². The summed E-state index contributed by atoms with van der Waals surface area (Å²) in [6, 6.07) is 0. The van der Waals surface area contributed by atoms with Crippen molar-refractivity contribution in [3.05, 3.63) is 11.8 Å². The summed E-state index contributed by atoms with van der Waals surface area (Å²) >= 11 is 0. The van der Waals surface area contributed by atoms with Crippen LogP contribution in [0.4, 0.5) is 0 Å². The first-order valence-corrected chi connectivity index (χ1v) is 4.88. The molecule has 0 rings (SSSR count). The zero-order valence-electron chi connectivity index (χ0n) is 9.72. The molecule has 0 fully saturated rings. The van der Waals surface area contributed by atoms with E-state index in [0.29, 0.717) is 6.54 Å². The number of hydrogen-bond donors (Lipinski definition) is 2. The molecule has 0 aliphatic carbocycles. The Kier molecular flexibility index (Phi) is 4.85. The lowest BCUT2D eigenvalue weighted by Crippen LogP contribution is -2.25. The van der Waals surface area contributed by atoms with E-state index in [2.05, 4.69) is 5.32 Å². The number of nitrogens with one attached hydrogen (secondary N) is 1. The van der Waals surface area contributed by atoms with Gasteiger partial charge in [0, 0.05) is 23.7 Å². The molecule has 0 bridgehead atoms. The molecule has 0 radical (unpaired) electrons. The van der Waals surface area contributed by atoms with Gasteiger partial charge in [-0.05, 0) is 13.8 Å². The number of carbonyl (C=O) groups excluding carboxylic acids is 1. The van der Waals surface area contributed by atoms with Gasteiger partial charge in [-0.25, -0.2) is 0 Å². The quantitative estimate of drug-likeness (QED) is 0.674. The molecule has 0 heterocycles. The Morgan fingerprint density at radius 1 is 1.50 bits per heavy atom. The predicted octanol–water partition coefficient (Wildman–Crippen LogP) is 1.48. The van der Waals surface area contributed by atoms with Gasteiger partial charge >= 0.3 is 0 Å². The number of ketones is 1. The minimum atomic E-state index is -0.400. The average Bonchev–Trinajstić information content (AvgIpc) is 1.99. The molecule has 1 unspecified atom stereocenters. The van der Waals surface area contributed by atoms with Crippen LogP contribution < -0.4 is 5.32 Å². The van der Waals surface area contributed by atoms with Crippen LogP contribution in [0, 0.1) is 5.41 Å². The van der Waals surface area contributed by atoms with Crippen molar-refractivity contribution in [3.63, 3.8) is 0 Å². The molecule has 3 nitrogen and oxygen atoms in total. The summed E-state index contributed by atoms with van der Waals surface area (Å²) in [7, 11) is 0. The first-order valence-electron chi connectivity index (χ1n) is 4.88. The molecule has 0 aromatic carbocycles. The highest BCUT2D eigenvalue weighted by molar-refractivity contribution is 5.94. The maximum atomic E-state index is 11.5. The number of aliphatic hydroxyl groups excluding tert-OH is 1. The van der Waals surface area contributed by atoms with Gasteiger partial charge in [-0.15, -0.1) is 0 Å². The summed E-state index contributed by atoms with van der Waals surface area (Å²) in [5.41, 5.74) is 0.458. The van der Waals surface area contributed by atoms with Crippen molar-refractivity contribution in [2.45, 2.75) is 40.7 Å². The number of hydrogen-bond acceptors (Lipinski definition) is 3. The summed E-state index contributed by atoms with van der Waals surface area (Å²) in [4.78, 5) is 11.5. The van der Waals surface area contributed by atoms with Crippen molar-refractivity contribution in [2.24, 2.45) is 5.41 Å². The number of rotatable bonds is 4. The molecule has 0 amide bonds. The third kappa shape index (κ3) is 5.75. The van der Waals surface area contributed by atoms with Crippen LogP contribution >= 0.6 is 0 Å². The second-order valence-electron chi connectivity index (χ2n) is 4.67. The predicted molar refractivity (Wildman–Crippen MR) is 57.9 cm³/mol. The fourth-order valence-electron chi connectivity index (χ4n) is 0.773. The Morgan fingerprint density at radius 3 is 2.36 bits per heavy atom. The van der Waals surface area contributed by atoms with Gasteiger partial charge in [-0.1, -0.05) is 20.8 Å². The maximum absolute atomic E-state index is 11.5. The number of carbonyl (C=O) groups is 1. The Hall–Kier alpha value is -0.830. The summed E-state index contributed by atoms with van der Waals surface area (Å²) in [5, 5.41) is 12.0. The Labute approximate surface area is 86.2 Å². The largest absolute Gasteiger partial charge is 0.392 e. The fourth-order valence-corrected chi connectivity index (χ4v) is 0.773. The van der Waals surface area contributed by atoms with E-state index in [1.54, 1.807) is 13.0 Å². The van der Waals surface area contributed by atoms with E-state index in [4.69, 9.17) is 5.11 Å². The number of allylic oxidation sites excluding steroid dienone is 2. The average molecular weight is 199 g/mol. The molecular formula is C11H21NO2. The van der Waals surface area contributed by atoms with Crippen molar-refractivity contribution in [2.75, 3.05) is 6.54 Å². The molecule has 0 saturated heterocycles. The normalized spacial score (nSPS) is 15.1. The third-order valence-electron chi connectivity index (χ3n) is 1.76. The molecule has 2 N–H and O–H groups in total. The van der Waals surface area contributed by atoms with Crippen molar-refractivity contribution in [1.82, 2.24) is 5.32 Å². The SMILES string of the molecule is CC(=CC(=O)C(C)(C)C)NCC(C)O. The molecule has 3 heteroatoms. The van der Waals surface area contributed by atoms with Crippen LogP contribution in [0.25, 0.3) is 0 Å². The molecule has 0 aromatic heterocycles. The minimum absolute atomic E-state index is 0.0908. The highest BCUT2D eigenvalue weighted by Gasteiger charge is 2.18. The van der Waals surface area contributed by atoms with Crippen LogP contribution in [0.1, 0.15) is 34.6 Å². The van der Waals surface area contributed by atoms with E-state index in [0.717, 1.165) is 5.70 Å². The standard InChI is InChI=1S/C11H21NO2/c1-8(12-7-9(2)13)6-10(14)11(3,4)5/h6,9,12-13H,7H2,1-5H3. The smallest absolute Gasteiger partial charge is 0.162 e. The molecule has 0 aliphatic rings. The number of aliphatic hydroxyl groups is 1. The van der Waals surface area contributed by atoms with Gasteiger partial charge in [-0.2, -0.15) is 0 Å². The van der Waals surface area contributed by atoms with Crippen LogP contribution in [-0.4, -0.2) is 23.5 Å². The van der Waals surface area contributed by atoms with Crippen LogP contribution in [-0.2, 0) is 4.79 Å². The third-order valence-corrected chi connectivity index (χ3v) is 1.76. The van der Waals surface area contributed by atoms with Gasteiger partial charge < -0.3 is 10.4 Å². The monoisotopic (exact) mass is 199 g/mol. The highest BCUT2D eigenvalue weighted by atomic mass is 16.3. The molecule has 82 valence electrons. The summed E-state index contributed by atoms with van der Waals surface area (Å²) < 4.78 is 0. The van der Waals surface area contributed by atoms with E-state index in [9.17, 15) is 4.79 Å². The molecule has 1 atom stereocenters. The summed E-state index contributed by atoms with van der Waals surface area (Å²) in [5.74, 6) is 0.0908. The lowest BCUT2D eigenvalue weighted by atomic mass is 9.90. The molecular weight excluding hydrogens is 178 g/mol. The van der Waals surface area contributed by atoms with Crippen molar-refractivity contribution in [3.8, 4) is 0 Å². The van der Waals surface area contributed by atoms with Gasteiger partial charge in [0.25, 0.3) is 0 Å². The lowest BCUT2D eigenvalue weighted by molar-refractivity contribution is -0.121. The maximum Gasteiger partial charge on any atom is 0.162 e. The summed E-state index contributed by atoms with van der Waals surface area (Å²) in [6.45, 7) is 9.65.